The highest BCUT2D eigenvalue weighted by Gasteiger charge is 2.21. The number of nitriles is 1. The molecule has 0 aliphatic carbocycles. The molecular formula is C12H15N5O2S. The highest BCUT2D eigenvalue weighted by atomic mass is 32.2. The molecule has 2 heterocycles. The lowest BCUT2D eigenvalue weighted by Gasteiger charge is -2.26. The summed E-state index contributed by atoms with van der Waals surface area (Å²) < 4.78 is 0. The summed E-state index contributed by atoms with van der Waals surface area (Å²) in [6.45, 7) is 3.48. The normalized spacial score (nSPS) is 15.6. The summed E-state index contributed by atoms with van der Waals surface area (Å²) in [5.41, 5.74) is -0.217. The second kappa shape index (κ2) is 7.07. The highest BCUT2D eigenvalue weighted by Crippen LogP contribution is 2.25. The molecule has 0 bridgehead atoms. The predicted molar refractivity (Wildman–Crippen MR) is 77.9 cm³/mol. The van der Waals surface area contributed by atoms with Gasteiger partial charge >= 0.3 is 5.69 Å². The molecule has 7 nitrogen and oxygen atoms in total. The number of hydrogen-bond acceptors (Lipinski definition) is 7. The number of nitrogens with zero attached hydrogens (tertiary/aromatic N) is 4. The zero-order chi connectivity index (χ0) is 14.4. The van der Waals surface area contributed by atoms with Crippen LogP contribution < -0.4 is 5.32 Å². The maximum absolute atomic E-state index is 11.0. The number of nitro groups is 1. The van der Waals surface area contributed by atoms with Crippen LogP contribution in [-0.4, -0.2) is 52.5 Å². The maximum Gasteiger partial charge on any atom is 0.328 e. The van der Waals surface area contributed by atoms with Gasteiger partial charge in [-0.3, -0.25) is 15.0 Å². The molecular weight excluding hydrogens is 278 g/mol. The fourth-order valence-electron chi connectivity index (χ4n) is 2.02. The van der Waals surface area contributed by atoms with E-state index in [2.05, 4.69) is 15.2 Å². The van der Waals surface area contributed by atoms with Crippen LogP contribution in [0.25, 0.3) is 0 Å². The largest absolute Gasteiger partial charge is 0.363 e. The van der Waals surface area contributed by atoms with Crippen molar-refractivity contribution in [3.05, 3.63) is 27.9 Å². The number of aromatic nitrogens is 1. The predicted octanol–water partition coefficient (Wildman–Crippen LogP) is 1.32. The van der Waals surface area contributed by atoms with E-state index >= 15 is 0 Å². The van der Waals surface area contributed by atoms with Gasteiger partial charge in [0.25, 0.3) is 0 Å². The molecule has 0 unspecified atom stereocenters. The smallest absolute Gasteiger partial charge is 0.328 e. The lowest BCUT2D eigenvalue weighted by atomic mass is 10.2. The summed E-state index contributed by atoms with van der Waals surface area (Å²) >= 11 is 1.94. The summed E-state index contributed by atoms with van der Waals surface area (Å²) in [5, 5.41) is 22.9. The molecule has 1 aliphatic rings. The Morgan fingerprint density at radius 3 is 2.95 bits per heavy atom. The molecule has 1 aromatic heterocycles. The SMILES string of the molecule is N#Cc1ccnc(NCCN2CCSCC2)c1[N+](=O)[O-]. The first-order valence-electron chi connectivity index (χ1n) is 6.30. The Labute approximate surface area is 121 Å². The molecule has 20 heavy (non-hydrogen) atoms. The van der Waals surface area contributed by atoms with Gasteiger partial charge in [-0.2, -0.15) is 17.0 Å². The molecule has 1 N–H and O–H groups in total. The van der Waals surface area contributed by atoms with Crippen molar-refractivity contribution in [2.75, 3.05) is 43.0 Å². The van der Waals surface area contributed by atoms with Crippen LogP contribution >= 0.6 is 11.8 Å². The molecule has 0 amide bonds. The average molecular weight is 293 g/mol. The van der Waals surface area contributed by atoms with Crippen LogP contribution in [-0.2, 0) is 0 Å². The minimum Gasteiger partial charge on any atom is -0.363 e. The lowest BCUT2D eigenvalue weighted by molar-refractivity contribution is -0.384. The molecule has 106 valence electrons. The third-order valence-electron chi connectivity index (χ3n) is 3.05. The van der Waals surface area contributed by atoms with E-state index in [0.717, 1.165) is 31.1 Å². The minimum absolute atomic E-state index is 0.0295. The van der Waals surface area contributed by atoms with Gasteiger partial charge in [-0.05, 0) is 6.07 Å². The van der Waals surface area contributed by atoms with E-state index < -0.39 is 4.92 Å². The van der Waals surface area contributed by atoms with E-state index in [1.807, 2.05) is 17.8 Å². The van der Waals surface area contributed by atoms with E-state index in [4.69, 9.17) is 5.26 Å². The molecule has 1 aliphatic heterocycles. The van der Waals surface area contributed by atoms with Gasteiger partial charge in [-0.1, -0.05) is 0 Å². The maximum atomic E-state index is 11.0. The van der Waals surface area contributed by atoms with Crippen molar-refractivity contribution in [1.29, 1.82) is 5.26 Å². The van der Waals surface area contributed by atoms with E-state index in [-0.39, 0.29) is 17.1 Å². The van der Waals surface area contributed by atoms with Crippen LogP contribution in [0, 0.1) is 21.4 Å². The number of rotatable bonds is 5. The first kappa shape index (κ1) is 14.6. The second-order valence-electron chi connectivity index (χ2n) is 4.31. The van der Waals surface area contributed by atoms with Crippen LogP contribution in [0.3, 0.4) is 0 Å². The standard InChI is InChI=1S/C12H15N5O2S/c13-9-10-1-2-14-12(11(10)17(18)19)15-3-4-16-5-7-20-8-6-16/h1-2H,3-8H2,(H,14,15). The first-order valence-corrected chi connectivity index (χ1v) is 7.45. The lowest BCUT2D eigenvalue weighted by Crippen LogP contribution is -2.36. The average Bonchev–Trinajstić information content (AvgIpc) is 2.47. The van der Waals surface area contributed by atoms with Crippen molar-refractivity contribution in [3.63, 3.8) is 0 Å². The monoisotopic (exact) mass is 293 g/mol. The summed E-state index contributed by atoms with van der Waals surface area (Å²) in [6.07, 6.45) is 1.41. The Hall–Kier alpha value is -1.85. The van der Waals surface area contributed by atoms with Gasteiger partial charge < -0.3 is 5.32 Å². The fraction of sp³-hybridized carbons (Fsp3) is 0.500. The van der Waals surface area contributed by atoms with Gasteiger partial charge in [-0.25, -0.2) is 4.98 Å². The van der Waals surface area contributed by atoms with Crippen LogP contribution in [0.5, 0.6) is 0 Å². The molecule has 1 saturated heterocycles. The molecule has 1 fully saturated rings. The summed E-state index contributed by atoms with van der Waals surface area (Å²) in [6, 6.07) is 3.17. The third-order valence-corrected chi connectivity index (χ3v) is 3.99. The number of hydrogen-bond donors (Lipinski definition) is 1. The van der Waals surface area contributed by atoms with Crippen LogP contribution in [0.4, 0.5) is 11.5 Å². The number of pyridine rings is 1. The summed E-state index contributed by atoms with van der Waals surface area (Å²) in [5.74, 6) is 2.42. The summed E-state index contributed by atoms with van der Waals surface area (Å²) in [4.78, 5) is 16.7. The minimum atomic E-state index is -0.564. The molecule has 1 aromatic rings. The Morgan fingerprint density at radius 2 is 2.30 bits per heavy atom. The first-order chi connectivity index (χ1) is 9.72. The van der Waals surface area contributed by atoms with E-state index in [0.29, 0.717) is 6.54 Å². The zero-order valence-electron chi connectivity index (χ0n) is 10.9. The van der Waals surface area contributed by atoms with Crippen molar-refractivity contribution < 1.29 is 4.92 Å². The van der Waals surface area contributed by atoms with Crippen molar-refractivity contribution in [3.8, 4) is 6.07 Å². The van der Waals surface area contributed by atoms with Crippen molar-refractivity contribution in [2.24, 2.45) is 0 Å². The van der Waals surface area contributed by atoms with Gasteiger partial charge in [0.05, 0.1) is 4.92 Å². The Morgan fingerprint density at radius 1 is 1.55 bits per heavy atom. The fourth-order valence-corrected chi connectivity index (χ4v) is 2.99. The number of anilines is 1. The summed E-state index contributed by atoms with van der Waals surface area (Å²) in [7, 11) is 0. The van der Waals surface area contributed by atoms with Gasteiger partial charge in [-0.15, -0.1) is 0 Å². The van der Waals surface area contributed by atoms with Gasteiger partial charge in [0.1, 0.15) is 11.6 Å². The van der Waals surface area contributed by atoms with Crippen molar-refractivity contribution in [2.45, 2.75) is 0 Å². The second-order valence-corrected chi connectivity index (χ2v) is 5.53. The third kappa shape index (κ3) is 3.59. The van der Waals surface area contributed by atoms with Crippen LogP contribution in [0.15, 0.2) is 12.3 Å². The molecule has 0 aromatic carbocycles. The Kier molecular flexibility index (Phi) is 5.15. The number of thioether (sulfide) groups is 1. The van der Waals surface area contributed by atoms with Gasteiger partial charge in [0.2, 0.25) is 5.82 Å². The molecule has 0 spiro atoms. The van der Waals surface area contributed by atoms with E-state index in [9.17, 15) is 10.1 Å². The van der Waals surface area contributed by atoms with Crippen LogP contribution in [0.1, 0.15) is 5.56 Å². The quantitative estimate of drug-likeness (QED) is 0.646. The van der Waals surface area contributed by atoms with Gasteiger partial charge in [0, 0.05) is 43.9 Å². The highest BCUT2D eigenvalue weighted by molar-refractivity contribution is 7.99. The molecule has 0 radical (unpaired) electrons. The zero-order valence-corrected chi connectivity index (χ0v) is 11.7. The van der Waals surface area contributed by atoms with Crippen molar-refractivity contribution in [1.82, 2.24) is 9.88 Å². The molecule has 0 atom stereocenters. The van der Waals surface area contributed by atoms with Gasteiger partial charge in [0.15, 0.2) is 0 Å². The Balaban J connectivity index is 1.98. The van der Waals surface area contributed by atoms with E-state index in [1.54, 1.807) is 0 Å². The molecule has 0 saturated carbocycles. The topological polar surface area (TPSA) is 95.1 Å². The van der Waals surface area contributed by atoms with E-state index in [1.165, 1.54) is 12.3 Å². The molecule has 2 rings (SSSR count). The van der Waals surface area contributed by atoms with Crippen LogP contribution in [0.2, 0.25) is 0 Å². The number of nitrogens with one attached hydrogen (secondary N) is 1. The van der Waals surface area contributed by atoms with Crippen molar-refractivity contribution >= 4 is 23.3 Å². The Bertz CT molecular complexity index is 525. The molecule has 8 heteroatoms.